The summed E-state index contributed by atoms with van der Waals surface area (Å²) in [6, 6.07) is 40.1. The first-order valence-electron chi connectivity index (χ1n) is 14.2. The second kappa shape index (κ2) is 15.1. The van der Waals surface area contributed by atoms with E-state index in [4.69, 9.17) is 11.6 Å². The van der Waals surface area contributed by atoms with Crippen LogP contribution in [0.3, 0.4) is 0 Å². The zero-order chi connectivity index (χ0) is 31.6. The lowest BCUT2D eigenvalue weighted by Gasteiger charge is -2.18. The van der Waals surface area contributed by atoms with E-state index in [2.05, 4.69) is 16.0 Å². The number of hydrogen-bond donors (Lipinski definition) is 3. The SMILES string of the molecule is Cc1ccc(NC(=O)C(Sc2cccc(NC(=O)/C(=C/c3cccc(Cl)c3)NC(=O)c3ccccc3)c2)c2ccccc2)cc1. The number of thioether (sulfide) groups is 1. The van der Waals surface area contributed by atoms with E-state index in [9.17, 15) is 14.4 Å². The van der Waals surface area contributed by atoms with Crippen molar-refractivity contribution in [3.05, 3.63) is 166 Å². The molecule has 0 saturated heterocycles. The molecule has 8 heteroatoms. The quantitative estimate of drug-likeness (QED) is 0.106. The van der Waals surface area contributed by atoms with Crippen molar-refractivity contribution in [2.45, 2.75) is 17.1 Å². The van der Waals surface area contributed by atoms with E-state index in [0.717, 1.165) is 16.0 Å². The number of nitrogens with one attached hydrogen (secondary N) is 3. The van der Waals surface area contributed by atoms with Crippen LogP contribution in [0.25, 0.3) is 6.08 Å². The maximum Gasteiger partial charge on any atom is 0.272 e. The Hall–Kier alpha value is -5.11. The Bertz CT molecular complexity index is 1830. The van der Waals surface area contributed by atoms with E-state index in [-0.39, 0.29) is 11.6 Å². The Kier molecular flexibility index (Phi) is 10.5. The second-order valence-corrected chi connectivity index (χ2v) is 11.8. The third kappa shape index (κ3) is 8.95. The average Bonchev–Trinajstić information content (AvgIpc) is 3.05. The molecule has 224 valence electrons. The molecule has 0 aliphatic rings. The second-order valence-electron chi connectivity index (χ2n) is 10.2. The van der Waals surface area contributed by atoms with Crippen molar-refractivity contribution in [1.29, 1.82) is 0 Å². The first kappa shape index (κ1) is 31.3. The van der Waals surface area contributed by atoms with Crippen molar-refractivity contribution in [3.8, 4) is 0 Å². The number of amides is 3. The summed E-state index contributed by atoms with van der Waals surface area (Å²) in [5.74, 6) is -1.10. The summed E-state index contributed by atoms with van der Waals surface area (Å²) in [4.78, 5) is 40.8. The van der Waals surface area contributed by atoms with Gasteiger partial charge in [0.2, 0.25) is 5.91 Å². The van der Waals surface area contributed by atoms with Crippen molar-refractivity contribution in [2.75, 3.05) is 10.6 Å². The highest BCUT2D eigenvalue weighted by Crippen LogP contribution is 2.37. The molecule has 0 fully saturated rings. The Labute approximate surface area is 271 Å². The van der Waals surface area contributed by atoms with Gasteiger partial charge < -0.3 is 16.0 Å². The number of anilines is 2. The molecule has 3 amide bonds. The topological polar surface area (TPSA) is 87.3 Å². The summed E-state index contributed by atoms with van der Waals surface area (Å²) in [5, 5.41) is 8.60. The average molecular weight is 632 g/mol. The molecule has 5 rings (SSSR count). The van der Waals surface area contributed by atoms with E-state index in [1.165, 1.54) is 11.8 Å². The number of carbonyl (C=O) groups is 3. The fraction of sp³-hybridized carbons (Fsp3) is 0.0541. The van der Waals surface area contributed by atoms with Crippen LogP contribution < -0.4 is 16.0 Å². The van der Waals surface area contributed by atoms with Crippen molar-refractivity contribution in [2.24, 2.45) is 0 Å². The lowest BCUT2D eigenvalue weighted by Crippen LogP contribution is -2.30. The van der Waals surface area contributed by atoms with Crippen LogP contribution in [0.1, 0.15) is 32.3 Å². The Balaban J connectivity index is 1.37. The van der Waals surface area contributed by atoms with Gasteiger partial charge in [-0.3, -0.25) is 14.4 Å². The number of benzene rings is 5. The molecule has 5 aromatic rings. The molecule has 3 N–H and O–H groups in total. The lowest BCUT2D eigenvalue weighted by molar-refractivity contribution is -0.116. The largest absolute Gasteiger partial charge is 0.325 e. The van der Waals surface area contributed by atoms with E-state index in [1.54, 1.807) is 72.8 Å². The van der Waals surface area contributed by atoms with Crippen molar-refractivity contribution in [1.82, 2.24) is 5.32 Å². The van der Waals surface area contributed by atoms with Gasteiger partial charge in [0.1, 0.15) is 10.9 Å². The van der Waals surface area contributed by atoms with Crippen LogP contribution in [-0.4, -0.2) is 17.7 Å². The molecule has 0 aliphatic heterocycles. The highest BCUT2D eigenvalue weighted by Gasteiger charge is 2.23. The molecule has 5 aromatic carbocycles. The molecule has 0 aromatic heterocycles. The number of rotatable bonds is 10. The molecular weight excluding hydrogens is 602 g/mol. The lowest BCUT2D eigenvalue weighted by atomic mass is 10.1. The summed E-state index contributed by atoms with van der Waals surface area (Å²) < 4.78 is 0. The summed E-state index contributed by atoms with van der Waals surface area (Å²) in [7, 11) is 0. The molecule has 6 nitrogen and oxygen atoms in total. The maximum atomic E-state index is 13.6. The van der Waals surface area contributed by atoms with Crippen LogP contribution in [-0.2, 0) is 9.59 Å². The monoisotopic (exact) mass is 631 g/mol. The van der Waals surface area contributed by atoms with Crippen LogP contribution in [0.5, 0.6) is 0 Å². The van der Waals surface area contributed by atoms with E-state index in [0.29, 0.717) is 27.5 Å². The van der Waals surface area contributed by atoms with Gasteiger partial charge >= 0.3 is 0 Å². The molecule has 0 aliphatic carbocycles. The first-order chi connectivity index (χ1) is 21.8. The smallest absolute Gasteiger partial charge is 0.272 e. The van der Waals surface area contributed by atoms with Gasteiger partial charge in [-0.25, -0.2) is 0 Å². The summed E-state index contributed by atoms with van der Waals surface area (Å²) in [5.41, 5.74) is 4.27. The number of aryl methyl sites for hydroxylation is 1. The third-order valence-electron chi connectivity index (χ3n) is 6.69. The fourth-order valence-electron chi connectivity index (χ4n) is 4.43. The molecule has 0 heterocycles. The molecule has 0 spiro atoms. The van der Waals surface area contributed by atoms with Gasteiger partial charge in [-0.2, -0.15) is 0 Å². The molecule has 0 bridgehead atoms. The van der Waals surface area contributed by atoms with Crippen molar-refractivity contribution < 1.29 is 14.4 Å². The van der Waals surface area contributed by atoms with Gasteiger partial charge in [0.15, 0.2) is 0 Å². The van der Waals surface area contributed by atoms with E-state index in [1.807, 2.05) is 73.7 Å². The van der Waals surface area contributed by atoms with Crippen molar-refractivity contribution >= 4 is 58.5 Å². The minimum absolute atomic E-state index is 0.0452. The fourth-order valence-corrected chi connectivity index (χ4v) is 5.71. The van der Waals surface area contributed by atoms with Crippen LogP contribution in [0, 0.1) is 6.92 Å². The molecule has 45 heavy (non-hydrogen) atoms. The normalized spacial score (nSPS) is 11.7. The van der Waals surface area contributed by atoms with Gasteiger partial charge in [0.25, 0.3) is 11.8 Å². The van der Waals surface area contributed by atoms with Gasteiger partial charge in [0, 0.05) is 26.9 Å². The van der Waals surface area contributed by atoms with E-state index < -0.39 is 17.1 Å². The predicted molar refractivity (Wildman–Crippen MR) is 183 cm³/mol. The molecule has 1 atom stereocenters. The summed E-state index contributed by atoms with van der Waals surface area (Å²) >= 11 is 7.54. The zero-order valence-corrected chi connectivity index (χ0v) is 25.9. The zero-order valence-electron chi connectivity index (χ0n) is 24.4. The molecule has 0 saturated carbocycles. The van der Waals surface area contributed by atoms with Gasteiger partial charge in [0.05, 0.1) is 0 Å². The van der Waals surface area contributed by atoms with E-state index >= 15 is 0 Å². The molecular formula is C37H30ClN3O3S. The standard InChI is InChI=1S/C37H30ClN3O3S/c1-25-18-20-30(21-19-25)39-37(44)34(27-11-4-2-5-12-27)45-32-17-9-16-31(24-32)40-36(43)33(23-26-10-8-15-29(38)22-26)41-35(42)28-13-6-3-7-14-28/h2-24,34H,1H3,(H,39,44)(H,40,43)(H,41,42)/b33-23-. The summed E-state index contributed by atoms with van der Waals surface area (Å²) in [6.07, 6.45) is 1.57. The minimum Gasteiger partial charge on any atom is -0.325 e. The highest BCUT2D eigenvalue weighted by atomic mass is 35.5. The Morgan fingerprint density at radius 3 is 2.11 bits per heavy atom. The number of halogens is 1. The van der Waals surface area contributed by atoms with Gasteiger partial charge in [-0.05, 0) is 78.7 Å². The van der Waals surface area contributed by atoms with Crippen LogP contribution in [0.15, 0.2) is 144 Å². The Morgan fingerprint density at radius 1 is 0.711 bits per heavy atom. The van der Waals surface area contributed by atoms with Gasteiger partial charge in [-0.15, -0.1) is 11.8 Å². The molecule has 0 radical (unpaired) electrons. The van der Waals surface area contributed by atoms with Crippen molar-refractivity contribution in [3.63, 3.8) is 0 Å². The third-order valence-corrected chi connectivity index (χ3v) is 8.18. The first-order valence-corrected chi connectivity index (χ1v) is 15.4. The predicted octanol–water partition coefficient (Wildman–Crippen LogP) is 8.53. The van der Waals surface area contributed by atoms with Crippen LogP contribution in [0.4, 0.5) is 11.4 Å². The Morgan fingerprint density at radius 2 is 1.40 bits per heavy atom. The van der Waals surface area contributed by atoms with Crippen LogP contribution >= 0.6 is 23.4 Å². The van der Waals surface area contributed by atoms with Crippen LogP contribution in [0.2, 0.25) is 5.02 Å². The molecule has 1 unspecified atom stereocenters. The maximum absolute atomic E-state index is 13.6. The minimum atomic E-state index is -0.554. The summed E-state index contributed by atoms with van der Waals surface area (Å²) in [6.45, 7) is 1.99. The highest BCUT2D eigenvalue weighted by molar-refractivity contribution is 8.00. The number of hydrogen-bond acceptors (Lipinski definition) is 4. The van der Waals surface area contributed by atoms with Gasteiger partial charge in [-0.1, -0.05) is 96.0 Å². The number of carbonyl (C=O) groups excluding carboxylic acids is 3.